The molecule has 0 unspecified atom stereocenters. The fourth-order valence-electron chi connectivity index (χ4n) is 1.77. The molecule has 0 aromatic heterocycles. The van der Waals surface area contributed by atoms with Gasteiger partial charge in [-0.2, -0.15) is 11.8 Å². The van der Waals surface area contributed by atoms with E-state index in [0.29, 0.717) is 12.5 Å². The van der Waals surface area contributed by atoms with Crippen molar-refractivity contribution in [2.45, 2.75) is 51.6 Å². The molecule has 1 heterocycles. The standard InChI is InChI=1S/C12H24N2OS/c1-12(2,3)14-11(15)4-7-13-10-5-8-16-9-6-10/h10,13H,4-9H2,1-3H3,(H,14,15). The van der Waals surface area contributed by atoms with Crippen molar-refractivity contribution in [2.24, 2.45) is 0 Å². The Morgan fingerprint density at radius 3 is 2.50 bits per heavy atom. The summed E-state index contributed by atoms with van der Waals surface area (Å²) < 4.78 is 0. The Morgan fingerprint density at radius 1 is 1.31 bits per heavy atom. The van der Waals surface area contributed by atoms with E-state index in [0.717, 1.165) is 6.54 Å². The van der Waals surface area contributed by atoms with Crippen molar-refractivity contribution >= 4 is 17.7 Å². The molecule has 1 rings (SSSR count). The lowest BCUT2D eigenvalue weighted by Crippen LogP contribution is -2.42. The van der Waals surface area contributed by atoms with Crippen LogP contribution in [0, 0.1) is 0 Å². The van der Waals surface area contributed by atoms with Gasteiger partial charge in [0.05, 0.1) is 0 Å². The summed E-state index contributed by atoms with van der Waals surface area (Å²) >= 11 is 2.03. The van der Waals surface area contributed by atoms with E-state index in [1.54, 1.807) is 0 Å². The van der Waals surface area contributed by atoms with Gasteiger partial charge < -0.3 is 10.6 Å². The highest BCUT2D eigenvalue weighted by Crippen LogP contribution is 2.16. The lowest BCUT2D eigenvalue weighted by molar-refractivity contribution is -0.122. The van der Waals surface area contributed by atoms with Crippen LogP contribution in [0.15, 0.2) is 0 Å². The predicted octanol–water partition coefficient (Wildman–Crippen LogP) is 1.78. The second-order valence-electron chi connectivity index (χ2n) is 5.39. The summed E-state index contributed by atoms with van der Waals surface area (Å²) in [4.78, 5) is 11.5. The van der Waals surface area contributed by atoms with Gasteiger partial charge in [-0.1, -0.05) is 0 Å². The highest BCUT2D eigenvalue weighted by Gasteiger charge is 2.15. The van der Waals surface area contributed by atoms with E-state index in [4.69, 9.17) is 0 Å². The maximum Gasteiger partial charge on any atom is 0.221 e. The molecule has 16 heavy (non-hydrogen) atoms. The van der Waals surface area contributed by atoms with Gasteiger partial charge in [0.25, 0.3) is 0 Å². The first-order valence-corrected chi connectivity index (χ1v) is 7.25. The summed E-state index contributed by atoms with van der Waals surface area (Å²) in [5, 5.41) is 6.44. The minimum atomic E-state index is -0.113. The number of carbonyl (C=O) groups is 1. The Labute approximate surface area is 103 Å². The second-order valence-corrected chi connectivity index (χ2v) is 6.61. The quantitative estimate of drug-likeness (QED) is 0.792. The lowest BCUT2D eigenvalue weighted by atomic mass is 10.1. The highest BCUT2D eigenvalue weighted by atomic mass is 32.2. The first kappa shape index (κ1) is 13.8. The summed E-state index contributed by atoms with van der Waals surface area (Å²) in [5.41, 5.74) is -0.113. The minimum Gasteiger partial charge on any atom is -0.351 e. The van der Waals surface area contributed by atoms with Gasteiger partial charge in [0, 0.05) is 24.5 Å². The van der Waals surface area contributed by atoms with E-state index in [1.165, 1.54) is 24.3 Å². The van der Waals surface area contributed by atoms with Gasteiger partial charge in [-0.05, 0) is 45.1 Å². The zero-order chi connectivity index (χ0) is 12.0. The number of amides is 1. The molecule has 2 N–H and O–H groups in total. The van der Waals surface area contributed by atoms with Crippen LogP contribution in [0.4, 0.5) is 0 Å². The number of hydrogen-bond donors (Lipinski definition) is 2. The smallest absolute Gasteiger partial charge is 0.221 e. The normalized spacial score (nSPS) is 18.4. The molecule has 0 spiro atoms. The van der Waals surface area contributed by atoms with Crippen LogP contribution in [-0.2, 0) is 4.79 Å². The van der Waals surface area contributed by atoms with Crippen LogP contribution in [0.5, 0.6) is 0 Å². The summed E-state index contributed by atoms with van der Waals surface area (Å²) in [6, 6.07) is 0.628. The first-order chi connectivity index (χ1) is 7.47. The Morgan fingerprint density at radius 2 is 1.94 bits per heavy atom. The lowest BCUT2D eigenvalue weighted by Gasteiger charge is -2.23. The van der Waals surface area contributed by atoms with Gasteiger partial charge >= 0.3 is 0 Å². The Hall–Kier alpha value is -0.220. The molecular formula is C12H24N2OS. The summed E-state index contributed by atoms with van der Waals surface area (Å²) in [7, 11) is 0. The van der Waals surface area contributed by atoms with Gasteiger partial charge in [0.2, 0.25) is 5.91 Å². The third kappa shape index (κ3) is 6.38. The third-order valence-corrected chi connectivity index (χ3v) is 3.57. The molecule has 4 heteroatoms. The van der Waals surface area contributed by atoms with Crippen molar-refractivity contribution in [1.29, 1.82) is 0 Å². The zero-order valence-electron chi connectivity index (χ0n) is 10.6. The minimum absolute atomic E-state index is 0.113. The molecule has 0 aliphatic carbocycles. The van der Waals surface area contributed by atoms with Gasteiger partial charge in [-0.25, -0.2) is 0 Å². The van der Waals surface area contributed by atoms with E-state index < -0.39 is 0 Å². The molecule has 0 aromatic carbocycles. The second kappa shape index (κ2) is 6.50. The number of carbonyl (C=O) groups excluding carboxylic acids is 1. The topological polar surface area (TPSA) is 41.1 Å². The SMILES string of the molecule is CC(C)(C)NC(=O)CCNC1CCSCC1. The van der Waals surface area contributed by atoms with Crippen molar-refractivity contribution in [3.63, 3.8) is 0 Å². The monoisotopic (exact) mass is 244 g/mol. The van der Waals surface area contributed by atoms with E-state index in [1.807, 2.05) is 32.5 Å². The molecule has 1 fully saturated rings. The maximum absolute atomic E-state index is 11.5. The molecule has 1 aliphatic rings. The van der Waals surface area contributed by atoms with Crippen molar-refractivity contribution in [3.8, 4) is 0 Å². The van der Waals surface area contributed by atoms with Crippen molar-refractivity contribution in [3.05, 3.63) is 0 Å². The van der Waals surface area contributed by atoms with Gasteiger partial charge in [0.1, 0.15) is 0 Å². The number of thioether (sulfide) groups is 1. The predicted molar refractivity (Wildman–Crippen MR) is 70.9 cm³/mol. The molecule has 0 aromatic rings. The molecule has 0 bridgehead atoms. The Bertz CT molecular complexity index is 220. The van der Waals surface area contributed by atoms with Crippen molar-refractivity contribution < 1.29 is 4.79 Å². The van der Waals surface area contributed by atoms with Crippen molar-refractivity contribution in [2.75, 3.05) is 18.1 Å². The molecular weight excluding hydrogens is 220 g/mol. The largest absolute Gasteiger partial charge is 0.351 e. The zero-order valence-corrected chi connectivity index (χ0v) is 11.5. The molecule has 94 valence electrons. The summed E-state index contributed by atoms with van der Waals surface area (Å²) in [6.07, 6.45) is 3.07. The van der Waals surface area contributed by atoms with Crippen LogP contribution in [0.25, 0.3) is 0 Å². The van der Waals surface area contributed by atoms with Crippen LogP contribution in [0.3, 0.4) is 0 Å². The Kier molecular flexibility index (Phi) is 5.62. The van der Waals surface area contributed by atoms with Gasteiger partial charge in [-0.3, -0.25) is 4.79 Å². The van der Waals surface area contributed by atoms with E-state index >= 15 is 0 Å². The molecule has 1 saturated heterocycles. The Balaban J connectivity index is 2.08. The van der Waals surface area contributed by atoms with E-state index in [2.05, 4.69) is 10.6 Å². The summed E-state index contributed by atoms with van der Waals surface area (Å²) in [5.74, 6) is 2.66. The van der Waals surface area contributed by atoms with Gasteiger partial charge in [0.15, 0.2) is 0 Å². The fraction of sp³-hybridized carbons (Fsp3) is 0.917. The van der Waals surface area contributed by atoms with Crippen LogP contribution in [-0.4, -0.2) is 35.5 Å². The average molecular weight is 244 g/mol. The van der Waals surface area contributed by atoms with Gasteiger partial charge in [-0.15, -0.1) is 0 Å². The molecule has 3 nitrogen and oxygen atoms in total. The summed E-state index contributed by atoms with van der Waals surface area (Å²) in [6.45, 7) is 6.83. The number of hydrogen-bond acceptors (Lipinski definition) is 3. The van der Waals surface area contributed by atoms with E-state index in [-0.39, 0.29) is 11.4 Å². The van der Waals surface area contributed by atoms with Crippen molar-refractivity contribution in [1.82, 2.24) is 10.6 Å². The third-order valence-electron chi connectivity index (χ3n) is 2.52. The fourth-order valence-corrected chi connectivity index (χ4v) is 2.88. The number of nitrogens with one attached hydrogen (secondary N) is 2. The van der Waals surface area contributed by atoms with Crippen LogP contribution >= 0.6 is 11.8 Å². The maximum atomic E-state index is 11.5. The molecule has 0 saturated carbocycles. The van der Waals surface area contributed by atoms with Crippen LogP contribution < -0.4 is 10.6 Å². The molecule has 0 radical (unpaired) electrons. The molecule has 1 amide bonds. The molecule has 1 aliphatic heterocycles. The molecule has 0 atom stereocenters. The van der Waals surface area contributed by atoms with Crippen LogP contribution in [0.2, 0.25) is 0 Å². The first-order valence-electron chi connectivity index (χ1n) is 6.09. The highest BCUT2D eigenvalue weighted by molar-refractivity contribution is 7.99. The average Bonchev–Trinajstić information content (AvgIpc) is 2.16. The van der Waals surface area contributed by atoms with Crippen LogP contribution in [0.1, 0.15) is 40.0 Å². The van der Waals surface area contributed by atoms with E-state index in [9.17, 15) is 4.79 Å². The number of rotatable bonds is 4.